The fourth-order valence-electron chi connectivity index (χ4n) is 4.45. The summed E-state index contributed by atoms with van der Waals surface area (Å²) < 4.78 is 0. The van der Waals surface area contributed by atoms with Crippen molar-refractivity contribution in [1.82, 2.24) is 10.3 Å². The van der Waals surface area contributed by atoms with Crippen LogP contribution in [0.4, 0.5) is 0 Å². The molecule has 20 heavy (non-hydrogen) atoms. The predicted octanol–water partition coefficient (Wildman–Crippen LogP) is 4.05. The monoisotopic (exact) mass is 292 g/mol. The van der Waals surface area contributed by atoms with E-state index in [1.807, 2.05) is 11.3 Å². The van der Waals surface area contributed by atoms with Crippen LogP contribution in [-0.4, -0.2) is 18.1 Å². The largest absolute Gasteiger partial charge is 0.316 e. The Labute approximate surface area is 127 Å². The van der Waals surface area contributed by atoms with Gasteiger partial charge in [-0.2, -0.15) is 0 Å². The van der Waals surface area contributed by atoms with E-state index in [0.717, 1.165) is 24.3 Å². The number of aromatic nitrogens is 1. The molecule has 0 spiro atoms. The molecule has 1 heterocycles. The van der Waals surface area contributed by atoms with E-state index in [1.165, 1.54) is 49.4 Å². The third-order valence-electron chi connectivity index (χ3n) is 5.30. The maximum atomic E-state index is 4.74. The SMILES string of the molecule is Cc1csc(CC2(CNCC(C)C)CC3CCC2C3)n1. The van der Waals surface area contributed by atoms with Crippen LogP contribution in [0.2, 0.25) is 0 Å². The van der Waals surface area contributed by atoms with Crippen molar-refractivity contribution in [2.75, 3.05) is 13.1 Å². The van der Waals surface area contributed by atoms with E-state index >= 15 is 0 Å². The molecular formula is C17H28N2S. The summed E-state index contributed by atoms with van der Waals surface area (Å²) in [5.41, 5.74) is 1.70. The fourth-order valence-corrected chi connectivity index (χ4v) is 5.38. The number of nitrogens with one attached hydrogen (secondary N) is 1. The second-order valence-electron chi connectivity index (χ2n) is 7.53. The first-order valence-electron chi connectivity index (χ1n) is 8.19. The van der Waals surface area contributed by atoms with E-state index in [-0.39, 0.29) is 0 Å². The molecule has 1 aromatic rings. The molecule has 0 aromatic carbocycles. The molecular weight excluding hydrogens is 264 g/mol. The molecule has 0 amide bonds. The third-order valence-corrected chi connectivity index (χ3v) is 6.27. The molecule has 2 nitrogen and oxygen atoms in total. The molecule has 2 aliphatic rings. The summed E-state index contributed by atoms with van der Waals surface area (Å²) in [7, 11) is 0. The van der Waals surface area contributed by atoms with Crippen LogP contribution in [0.5, 0.6) is 0 Å². The average Bonchev–Trinajstić information content (AvgIpc) is 3.05. The van der Waals surface area contributed by atoms with E-state index in [2.05, 4.69) is 31.5 Å². The highest BCUT2D eigenvalue weighted by Gasteiger charge is 2.50. The molecule has 2 bridgehead atoms. The van der Waals surface area contributed by atoms with Crippen LogP contribution in [0.15, 0.2) is 5.38 Å². The van der Waals surface area contributed by atoms with Gasteiger partial charge < -0.3 is 5.32 Å². The summed E-state index contributed by atoms with van der Waals surface area (Å²) in [4.78, 5) is 4.74. The summed E-state index contributed by atoms with van der Waals surface area (Å²) in [6.07, 6.45) is 7.05. The number of aryl methyl sites for hydroxylation is 1. The quantitative estimate of drug-likeness (QED) is 0.855. The molecule has 0 aliphatic heterocycles. The molecule has 3 unspecified atom stereocenters. The first kappa shape index (κ1) is 14.5. The van der Waals surface area contributed by atoms with Gasteiger partial charge in [-0.15, -0.1) is 11.3 Å². The molecule has 1 N–H and O–H groups in total. The molecule has 2 saturated carbocycles. The number of nitrogens with zero attached hydrogens (tertiary/aromatic N) is 1. The van der Waals surface area contributed by atoms with Crippen LogP contribution in [0.1, 0.15) is 50.2 Å². The molecule has 0 saturated heterocycles. The summed E-state index contributed by atoms with van der Waals surface area (Å²) in [5, 5.41) is 7.32. The second-order valence-corrected chi connectivity index (χ2v) is 8.47. The minimum absolute atomic E-state index is 0.502. The van der Waals surface area contributed by atoms with Gasteiger partial charge in [0, 0.05) is 24.0 Å². The van der Waals surface area contributed by atoms with E-state index in [4.69, 9.17) is 4.98 Å². The van der Waals surface area contributed by atoms with E-state index in [1.54, 1.807) is 0 Å². The van der Waals surface area contributed by atoms with Gasteiger partial charge in [-0.1, -0.05) is 20.3 Å². The van der Waals surface area contributed by atoms with Crippen LogP contribution < -0.4 is 5.32 Å². The van der Waals surface area contributed by atoms with Crippen molar-refractivity contribution in [2.45, 2.75) is 52.9 Å². The van der Waals surface area contributed by atoms with Gasteiger partial charge in [-0.3, -0.25) is 0 Å². The Kier molecular flexibility index (Phi) is 4.19. The van der Waals surface area contributed by atoms with Gasteiger partial charge in [0.1, 0.15) is 0 Å². The zero-order chi connectivity index (χ0) is 14.2. The summed E-state index contributed by atoms with van der Waals surface area (Å²) in [6.45, 7) is 9.06. The number of hydrogen-bond donors (Lipinski definition) is 1. The average molecular weight is 292 g/mol. The Morgan fingerprint density at radius 1 is 1.45 bits per heavy atom. The van der Waals surface area contributed by atoms with E-state index < -0.39 is 0 Å². The smallest absolute Gasteiger partial charge is 0.0934 e. The first-order chi connectivity index (χ1) is 9.57. The van der Waals surface area contributed by atoms with Crippen molar-refractivity contribution in [3.63, 3.8) is 0 Å². The highest BCUT2D eigenvalue weighted by Crippen LogP contribution is 2.57. The summed E-state index contributed by atoms with van der Waals surface area (Å²) in [5.74, 6) is 2.69. The predicted molar refractivity (Wildman–Crippen MR) is 86.1 cm³/mol. The molecule has 2 aliphatic carbocycles. The molecule has 3 heteroatoms. The lowest BCUT2D eigenvalue weighted by atomic mass is 9.71. The lowest BCUT2D eigenvalue weighted by molar-refractivity contribution is 0.154. The summed E-state index contributed by atoms with van der Waals surface area (Å²) in [6, 6.07) is 0. The lowest BCUT2D eigenvalue weighted by Gasteiger charge is -2.38. The van der Waals surface area contributed by atoms with Gasteiger partial charge in [0.15, 0.2) is 0 Å². The Hall–Kier alpha value is -0.410. The van der Waals surface area contributed by atoms with Crippen molar-refractivity contribution in [2.24, 2.45) is 23.2 Å². The van der Waals surface area contributed by atoms with Crippen LogP contribution in [0, 0.1) is 30.1 Å². The topological polar surface area (TPSA) is 24.9 Å². The Morgan fingerprint density at radius 2 is 2.30 bits per heavy atom. The minimum Gasteiger partial charge on any atom is -0.316 e. The highest BCUT2D eigenvalue weighted by atomic mass is 32.1. The first-order valence-corrected chi connectivity index (χ1v) is 9.07. The van der Waals surface area contributed by atoms with Gasteiger partial charge in [0.2, 0.25) is 0 Å². The van der Waals surface area contributed by atoms with Crippen LogP contribution >= 0.6 is 11.3 Å². The van der Waals surface area contributed by atoms with Crippen LogP contribution in [0.3, 0.4) is 0 Å². The molecule has 112 valence electrons. The maximum Gasteiger partial charge on any atom is 0.0934 e. The molecule has 2 fully saturated rings. The van der Waals surface area contributed by atoms with Gasteiger partial charge in [-0.25, -0.2) is 4.98 Å². The Balaban J connectivity index is 1.70. The van der Waals surface area contributed by atoms with E-state index in [9.17, 15) is 0 Å². The van der Waals surface area contributed by atoms with Crippen molar-refractivity contribution in [3.05, 3.63) is 16.1 Å². The van der Waals surface area contributed by atoms with Gasteiger partial charge >= 0.3 is 0 Å². The maximum absolute atomic E-state index is 4.74. The Bertz CT molecular complexity index is 454. The molecule has 0 radical (unpaired) electrons. The van der Waals surface area contributed by atoms with Gasteiger partial charge in [0.05, 0.1) is 5.01 Å². The molecule has 3 rings (SSSR count). The van der Waals surface area contributed by atoms with Crippen LogP contribution in [-0.2, 0) is 6.42 Å². The second kappa shape index (κ2) is 5.76. The lowest BCUT2D eigenvalue weighted by Crippen LogP contribution is -2.41. The zero-order valence-corrected chi connectivity index (χ0v) is 13.9. The molecule has 3 atom stereocenters. The van der Waals surface area contributed by atoms with Crippen molar-refractivity contribution >= 4 is 11.3 Å². The Morgan fingerprint density at radius 3 is 2.85 bits per heavy atom. The normalized spacial score (nSPS) is 32.4. The third kappa shape index (κ3) is 2.94. The summed E-state index contributed by atoms with van der Waals surface area (Å²) >= 11 is 1.86. The number of rotatable bonds is 6. The number of thiazole rings is 1. The highest BCUT2D eigenvalue weighted by molar-refractivity contribution is 7.09. The van der Waals surface area contributed by atoms with Crippen molar-refractivity contribution < 1.29 is 0 Å². The minimum atomic E-state index is 0.502. The number of hydrogen-bond acceptors (Lipinski definition) is 3. The standard InChI is InChI=1S/C17H28N2S/c1-12(2)9-18-11-17(7-14-4-5-15(17)6-14)8-16-19-13(3)10-20-16/h10,12,14-15,18H,4-9,11H2,1-3H3. The zero-order valence-electron chi connectivity index (χ0n) is 13.1. The number of fused-ring (bicyclic) bond motifs is 2. The van der Waals surface area contributed by atoms with Gasteiger partial charge in [0.25, 0.3) is 0 Å². The van der Waals surface area contributed by atoms with Crippen molar-refractivity contribution in [1.29, 1.82) is 0 Å². The molecule has 1 aromatic heterocycles. The van der Waals surface area contributed by atoms with Gasteiger partial charge in [-0.05, 0) is 55.9 Å². The fraction of sp³-hybridized carbons (Fsp3) is 0.824. The van der Waals surface area contributed by atoms with E-state index in [0.29, 0.717) is 5.41 Å². The van der Waals surface area contributed by atoms with Crippen molar-refractivity contribution in [3.8, 4) is 0 Å². The van der Waals surface area contributed by atoms with Crippen LogP contribution in [0.25, 0.3) is 0 Å².